The summed E-state index contributed by atoms with van der Waals surface area (Å²) in [5.74, 6) is 0. The molecule has 0 bridgehead atoms. The van der Waals surface area contributed by atoms with Crippen molar-refractivity contribution in [3.05, 3.63) is 0 Å². The monoisotopic (exact) mass is 660 g/mol. The second-order valence-corrected chi connectivity index (χ2v) is 11.0. The second kappa shape index (κ2) is 18.7. The van der Waals surface area contributed by atoms with Crippen LogP contribution in [0, 0.1) is 0 Å². The van der Waals surface area contributed by atoms with Gasteiger partial charge in [-0.25, -0.2) is 27.4 Å². The molecular formula is H18Ca3O21P6. The van der Waals surface area contributed by atoms with Crippen molar-refractivity contribution >= 4 is 160 Å². The van der Waals surface area contributed by atoms with E-state index in [-0.39, 0.29) is 113 Å². The molecule has 0 aliphatic rings. The predicted molar refractivity (Wildman–Crippen MR) is 101 cm³/mol. The molecule has 0 saturated heterocycles. The van der Waals surface area contributed by atoms with Crippen molar-refractivity contribution < 1.29 is 99.0 Å². The fourth-order valence-corrected chi connectivity index (χ4v) is 3.74. The molecule has 30 heavy (non-hydrogen) atoms. The Morgan fingerprint density at radius 1 is 0.300 bits per heavy atom. The normalized spacial score (nSPS) is 12.4. The first-order chi connectivity index (χ1) is 11.1. The average molecular weight is 660 g/mol. The standard InChI is InChI=1S/3Ca.3H4O7P2.6H/c;;;3*1-8(2,3)7-9(4,5)6;;;;;;/h;;;3*(H2,1,2,3)(H2,4,5,6);;;;;;. The molecule has 0 aromatic carbocycles. The SMILES string of the molecule is O=P(O)(O)OP(=O)(O)O.O=P(O)(O)OP(=O)(O)O.O=P(O)(O)OP(=O)(O)O.[CaH2].[CaH2].[CaH2]. The van der Waals surface area contributed by atoms with Crippen LogP contribution in [-0.2, 0) is 40.3 Å². The molecule has 21 nitrogen and oxygen atoms in total. The number of rotatable bonds is 6. The first-order valence-corrected chi connectivity index (χ1v) is 13.8. The summed E-state index contributed by atoms with van der Waals surface area (Å²) in [4.78, 5) is 93.0. The predicted octanol–water partition coefficient (Wildman–Crippen LogP) is -5.18. The Bertz CT molecular complexity index is 556. The van der Waals surface area contributed by atoms with Gasteiger partial charge in [0.05, 0.1) is 0 Å². The van der Waals surface area contributed by atoms with E-state index >= 15 is 0 Å². The zero-order chi connectivity index (χ0) is 23.1. The molecule has 0 aromatic rings. The third-order valence-corrected chi connectivity index (χ3v) is 5.74. The van der Waals surface area contributed by atoms with Crippen molar-refractivity contribution in [3.8, 4) is 0 Å². The van der Waals surface area contributed by atoms with Crippen molar-refractivity contribution in [3.63, 3.8) is 0 Å². The average Bonchev–Trinajstić information content (AvgIpc) is 1.96. The van der Waals surface area contributed by atoms with Gasteiger partial charge in [0.15, 0.2) is 0 Å². The number of hydrogen-bond acceptors (Lipinski definition) is 9. The first kappa shape index (κ1) is 47.7. The second-order valence-electron chi connectivity index (χ2n) is 3.19. The van der Waals surface area contributed by atoms with Gasteiger partial charge in [-0.1, -0.05) is 0 Å². The van der Waals surface area contributed by atoms with E-state index < -0.39 is 46.9 Å². The maximum atomic E-state index is 9.63. The molecule has 0 heterocycles. The van der Waals surface area contributed by atoms with Crippen LogP contribution in [0.5, 0.6) is 0 Å². The van der Waals surface area contributed by atoms with Crippen LogP contribution >= 0.6 is 46.9 Å². The Kier molecular flexibility index (Phi) is 29.8. The van der Waals surface area contributed by atoms with E-state index in [9.17, 15) is 27.4 Å². The van der Waals surface area contributed by atoms with Gasteiger partial charge in [0.2, 0.25) is 0 Å². The summed E-state index contributed by atoms with van der Waals surface area (Å²) < 4.78 is 66.6. The summed E-state index contributed by atoms with van der Waals surface area (Å²) in [7, 11) is -30.3. The van der Waals surface area contributed by atoms with Gasteiger partial charge in [-0.05, 0) is 0 Å². The van der Waals surface area contributed by atoms with Crippen LogP contribution in [0.15, 0.2) is 0 Å². The number of hydrogen-bond donors (Lipinski definition) is 12. The van der Waals surface area contributed by atoms with Gasteiger partial charge >= 0.3 is 160 Å². The van der Waals surface area contributed by atoms with Gasteiger partial charge < -0.3 is 58.7 Å². The van der Waals surface area contributed by atoms with E-state index in [2.05, 4.69) is 12.9 Å². The Balaban J connectivity index is -0.0000000686. The zero-order valence-corrected chi connectivity index (χ0v) is 17.1. The third kappa shape index (κ3) is 63.7. The van der Waals surface area contributed by atoms with Crippen LogP contribution in [0.2, 0.25) is 0 Å². The minimum atomic E-state index is -5.05. The maximum absolute atomic E-state index is 9.63. The van der Waals surface area contributed by atoms with Crippen LogP contribution in [0.3, 0.4) is 0 Å². The van der Waals surface area contributed by atoms with E-state index in [4.69, 9.17) is 58.7 Å². The molecule has 0 aliphatic heterocycles. The van der Waals surface area contributed by atoms with Gasteiger partial charge in [0.1, 0.15) is 0 Å². The van der Waals surface area contributed by atoms with Gasteiger partial charge in [-0.15, -0.1) is 0 Å². The summed E-state index contributed by atoms with van der Waals surface area (Å²) in [5, 5.41) is 0. The van der Waals surface area contributed by atoms with Gasteiger partial charge in [-0.2, -0.15) is 12.9 Å². The third-order valence-electron chi connectivity index (χ3n) is 0.638. The molecule has 0 unspecified atom stereocenters. The molecule has 0 radical (unpaired) electrons. The molecule has 0 aliphatic carbocycles. The van der Waals surface area contributed by atoms with Gasteiger partial charge in [-0.3, -0.25) is 0 Å². The van der Waals surface area contributed by atoms with Crippen LogP contribution in [0.4, 0.5) is 0 Å². The first-order valence-electron chi connectivity index (χ1n) is 4.59. The number of phosphoric acid groups is 6. The molecule has 0 spiro atoms. The van der Waals surface area contributed by atoms with E-state index in [0.717, 1.165) is 0 Å². The summed E-state index contributed by atoms with van der Waals surface area (Å²) in [6.45, 7) is 0. The quantitative estimate of drug-likeness (QED) is 0.0935. The zero-order valence-electron chi connectivity index (χ0n) is 11.7. The molecule has 0 rings (SSSR count). The molecule has 0 atom stereocenters. The Hall–Kier alpha value is 4.56. The molecule has 0 aromatic heterocycles. The molecule has 30 heteroatoms. The van der Waals surface area contributed by atoms with Crippen molar-refractivity contribution in [2.24, 2.45) is 0 Å². The van der Waals surface area contributed by atoms with Crippen LogP contribution in [-0.4, -0.2) is 172 Å². The fourth-order valence-electron chi connectivity index (χ4n) is 0.416. The van der Waals surface area contributed by atoms with Gasteiger partial charge in [0.25, 0.3) is 0 Å². The van der Waals surface area contributed by atoms with Crippen LogP contribution in [0.25, 0.3) is 0 Å². The molecule has 0 saturated carbocycles. The van der Waals surface area contributed by atoms with Crippen molar-refractivity contribution in [1.29, 1.82) is 0 Å². The summed E-state index contributed by atoms with van der Waals surface area (Å²) in [6, 6.07) is 0. The van der Waals surface area contributed by atoms with Crippen molar-refractivity contribution in [2.75, 3.05) is 0 Å². The Morgan fingerprint density at radius 3 is 0.367 bits per heavy atom. The van der Waals surface area contributed by atoms with E-state index in [1.165, 1.54) is 0 Å². The molecule has 0 fully saturated rings. The van der Waals surface area contributed by atoms with Crippen molar-refractivity contribution in [1.82, 2.24) is 0 Å². The van der Waals surface area contributed by atoms with Gasteiger partial charge in [0, 0.05) is 0 Å². The van der Waals surface area contributed by atoms with E-state index in [1.54, 1.807) is 0 Å². The van der Waals surface area contributed by atoms with Crippen LogP contribution < -0.4 is 0 Å². The summed E-state index contributed by atoms with van der Waals surface area (Å²) in [5.41, 5.74) is 0. The Labute approximate surface area is 255 Å². The molecule has 0 amide bonds. The topological polar surface area (TPSA) is 373 Å². The van der Waals surface area contributed by atoms with E-state index in [1.807, 2.05) is 0 Å². The molecule has 180 valence electrons. The minimum absolute atomic E-state index is 0. The Morgan fingerprint density at radius 2 is 0.367 bits per heavy atom. The molecule has 12 N–H and O–H groups in total. The van der Waals surface area contributed by atoms with E-state index in [0.29, 0.717) is 0 Å². The fraction of sp³-hybridized carbons (Fsp3) is 0. The van der Waals surface area contributed by atoms with Crippen LogP contribution in [0.1, 0.15) is 0 Å². The molecular weight excluding hydrogens is 642 g/mol. The van der Waals surface area contributed by atoms with Crippen molar-refractivity contribution in [2.45, 2.75) is 0 Å². The summed E-state index contributed by atoms with van der Waals surface area (Å²) in [6.07, 6.45) is 0. The summed E-state index contributed by atoms with van der Waals surface area (Å²) >= 11 is 0.